The standard InChI is InChI=1S/C18H14O4S2.IPS/c19-12-5-3-11(4-6-12)17(22)18(15-2-1-9-23-15)24-16-10-13(20)7-8-14(16)21;1-2-3/h1-10,18-21H;/i/hT. The number of thioether (sulfide) groups is 1. The molecule has 27 heavy (non-hydrogen) atoms. The maximum Gasteiger partial charge on any atom is 0.293 e. The number of benzene rings is 2. The van der Waals surface area contributed by atoms with Crippen LogP contribution in [0.1, 0.15) is 20.5 Å². The van der Waals surface area contributed by atoms with E-state index in [1.165, 1.54) is 41.3 Å². The highest BCUT2D eigenvalue weighted by molar-refractivity contribution is 14.2. The van der Waals surface area contributed by atoms with E-state index >= 15 is 0 Å². The molecule has 0 aliphatic rings. The quantitative estimate of drug-likeness (QED) is 0.110. The zero-order chi connectivity index (χ0) is 20.5. The molecule has 0 spiro atoms. The predicted molar refractivity (Wildman–Crippen MR) is 123 cm³/mol. The molecular weight excluding hydrogens is 534 g/mol. The van der Waals surface area contributed by atoms with Gasteiger partial charge < -0.3 is 15.3 Å². The number of phenols is 3. The smallest absolute Gasteiger partial charge is 0.293 e. The molecule has 1 heterocycles. The van der Waals surface area contributed by atoms with E-state index in [0.717, 1.165) is 9.88 Å². The fourth-order valence-corrected chi connectivity index (χ4v) is 4.26. The lowest BCUT2D eigenvalue weighted by Gasteiger charge is -2.15. The van der Waals surface area contributed by atoms with Crippen LogP contribution in [-0.4, -0.2) is 22.5 Å². The Bertz CT molecular complexity index is 923. The van der Waals surface area contributed by atoms with Gasteiger partial charge in [-0.1, -0.05) is 6.07 Å². The molecule has 0 aliphatic carbocycles. The Morgan fingerprint density at radius 3 is 2.44 bits per heavy atom. The van der Waals surface area contributed by atoms with Crippen molar-refractivity contribution in [3.8, 4) is 17.2 Å². The van der Waals surface area contributed by atoms with Gasteiger partial charge in [-0.15, -0.1) is 23.1 Å². The van der Waals surface area contributed by atoms with Gasteiger partial charge >= 0.3 is 0 Å². The number of carbonyl (C=O) groups excluding carboxylic acids is 1. The molecule has 140 valence electrons. The van der Waals surface area contributed by atoms with Crippen molar-refractivity contribution in [3.63, 3.8) is 0 Å². The molecule has 0 aliphatic heterocycles. The fourth-order valence-electron chi connectivity index (χ4n) is 2.18. The second-order valence-electron chi connectivity index (χ2n) is 5.12. The third kappa shape index (κ3) is 6.43. The van der Waals surface area contributed by atoms with Gasteiger partial charge in [0.05, 0.1) is 4.90 Å². The van der Waals surface area contributed by atoms with Crippen LogP contribution >= 0.6 is 50.1 Å². The predicted octanol–water partition coefficient (Wildman–Crippen LogP) is 6.33. The highest BCUT2D eigenvalue weighted by Gasteiger charge is 2.25. The Kier molecular flexibility index (Phi) is 8.34. The third-order valence-corrected chi connectivity index (χ3v) is 5.74. The van der Waals surface area contributed by atoms with E-state index in [0.29, 0.717) is 16.2 Å². The SMILES string of the molecule is S=PI.[3H]Oc1ccc(C(=O)C(Sc2cc(O)ccc2O)c2cccs2)cc1. The Hall–Kier alpha value is -1.19. The van der Waals surface area contributed by atoms with Crippen LogP contribution < -0.4 is 0 Å². The number of hydrogen-bond acceptors (Lipinski definition) is 7. The average Bonchev–Trinajstić information content (AvgIpc) is 3.23. The second kappa shape index (κ2) is 11.0. The summed E-state index contributed by atoms with van der Waals surface area (Å²) in [6.07, 6.45) is 0. The van der Waals surface area contributed by atoms with Crippen LogP contribution in [0.2, 0.25) is 0 Å². The zero-order valence-corrected chi connectivity index (χ0v) is 19.1. The molecule has 2 aromatic carbocycles. The second-order valence-corrected chi connectivity index (χ2v) is 11.3. The van der Waals surface area contributed by atoms with Crippen molar-refractivity contribution in [1.82, 2.24) is 0 Å². The van der Waals surface area contributed by atoms with E-state index in [9.17, 15) is 15.0 Å². The van der Waals surface area contributed by atoms with Gasteiger partial charge in [-0.05, 0) is 87.8 Å². The van der Waals surface area contributed by atoms with Crippen LogP contribution in [0.4, 0.5) is 0 Å². The van der Waals surface area contributed by atoms with Gasteiger partial charge in [0.2, 0.25) is 0 Å². The maximum atomic E-state index is 13.0. The summed E-state index contributed by atoms with van der Waals surface area (Å²) in [6, 6.07) is 14.3. The van der Waals surface area contributed by atoms with Crippen LogP contribution in [0.25, 0.3) is 0 Å². The summed E-state index contributed by atoms with van der Waals surface area (Å²) in [5.41, 5.74) is 0.478. The van der Waals surface area contributed by atoms with E-state index in [1.807, 2.05) is 17.5 Å². The molecule has 4 nitrogen and oxygen atoms in total. The highest BCUT2D eigenvalue weighted by atomic mass is 127. The number of rotatable bonds is 6. The van der Waals surface area contributed by atoms with Crippen molar-refractivity contribution in [2.75, 3.05) is 0 Å². The average molecular weight is 550 g/mol. The number of halogens is 1. The first-order valence-corrected chi connectivity index (χ1v) is 13.9. The Morgan fingerprint density at radius 2 is 1.85 bits per heavy atom. The van der Waals surface area contributed by atoms with Crippen molar-refractivity contribution in [2.45, 2.75) is 10.1 Å². The molecule has 3 N–H and O–H groups in total. The van der Waals surface area contributed by atoms with Crippen LogP contribution in [0.3, 0.4) is 0 Å². The van der Waals surface area contributed by atoms with Crippen LogP contribution in [0.5, 0.6) is 17.2 Å². The highest BCUT2D eigenvalue weighted by Crippen LogP contribution is 2.44. The molecule has 0 fully saturated rings. The number of Topliss-reactive ketones (excluding diaryl/α,β-unsaturated/α-hetero) is 1. The molecule has 3 rings (SSSR count). The van der Waals surface area contributed by atoms with Crippen LogP contribution in [0.15, 0.2) is 64.9 Å². The molecule has 0 radical (unpaired) electrons. The monoisotopic (exact) mass is 550 g/mol. The molecule has 1 atom stereocenters. The molecular formula is C18H14IO4PS3. The first-order valence-electron chi connectivity index (χ1n) is 7.84. The summed E-state index contributed by atoms with van der Waals surface area (Å²) in [5.74, 6) is 0.249. The first kappa shape index (κ1) is 20.5. The van der Waals surface area contributed by atoms with Gasteiger partial charge in [-0.2, -0.15) is 0 Å². The Balaban J connectivity index is 0.000000878. The Morgan fingerprint density at radius 1 is 1.19 bits per heavy atom. The summed E-state index contributed by atoms with van der Waals surface area (Å²) in [6.45, 7) is 0. The zero-order valence-electron chi connectivity index (χ0n) is 14.6. The molecule has 9 heteroatoms. The molecule has 3 aromatic rings. The van der Waals surface area contributed by atoms with Crippen molar-refractivity contribution < 1.29 is 20.1 Å². The summed E-state index contributed by atoms with van der Waals surface area (Å²) in [5, 5.41) is 25.4. The lowest BCUT2D eigenvalue weighted by Crippen LogP contribution is -2.08. The van der Waals surface area contributed by atoms with Crippen molar-refractivity contribution in [1.29, 1.82) is 1.43 Å². The lowest BCUT2D eigenvalue weighted by atomic mass is 10.1. The lowest BCUT2D eigenvalue weighted by molar-refractivity contribution is 0.0990. The molecule has 0 bridgehead atoms. The maximum absolute atomic E-state index is 13.0. The number of aromatic hydroxyl groups is 3. The van der Waals surface area contributed by atoms with Crippen molar-refractivity contribution in [2.24, 2.45) is 0 Å². The number of ketones is 1. The number of thiophene rings is 1. The van der Waals surface area contributed by atoms with Crippen molar-refractivity contribution in [3.05, 3.63) is 70.4 Å². The largest absolute Gasteiger partial charge is 0.508 e. The molecule has 1 aromatic heterocycles. The molecule has 0 saturated heterocycles. The van der Waals surface area contributed by atoms with Crippen LogP contribution in [0, 0.1) is 0 Å². The summed E-state index contributed by atoms with van der Waals surface area (Å²) >= 11 is 9.06. The van der Waals surface area contributed by atoms with Gasteiger partial charge in [0.25, 0.3) is 1.43 Å². The minimum Gasteiger partial charge on any atom is -0.508 e. The van der Waals surface area contributed by atoms with E-state index in [-0.39, 0.29) is 17.3 Å². The molecule has 1 unspecified atom stereocenters. The topological polar surface area (TPSA) is 77.8 Å². The first-order chi connectivity index (χ1) is 13.5. The van der Waals surface area contributed by atoms with Gasteiger partial charge in [-0.25, -0.2) is 0 Å². The fraction of sp³-hybridized carbons (Fsp3) is 0.0556. The molecule has 0 amide bonds. The number of phenolic OH excluding ortho intramolecular Hbond substituents is 3. The normalized spacial score (nSPS) is 11.8. The number of hydrogen-bond donors (Lipinski definition) is 3. The van der Waals surface area contributed by atoms with E-state index in [2.05, 4.69) is 39.0 Å². The summed E-state index contributed by atoms with van der Waals surface area (Å²) < 4.78 is 6.87. The summed E-state index contributed by atoms with van der Waals surface area (Å²) in [7, 11) is 0. The Labute approximate surface area is 186 Å². The summed E-state index contributed by atoms with van der Waals surface area (Å²) in [4.78, 5) is 15.2. The van der Waals surface area contributed by atoms with Crippen LogP contribution in [-0.2, 0) is 11.8 Å². The minimum atomic E-state index is -0.560. The minimum absolute atomic E-state index is 0.00936. The van der Waals surface area contributed by atoms with Gasteiger partial charge in [-0.3, -0.25) is 4.79 Å². The molecule has 0 saturated carbocycles. The van der Waals surface area contributed by atoms with Gasteiger partial charge in [0.15, 0.2) is 5.78 Å². The van der Waals surface area contributed by atoms with Gasteiger partial charge in [0, 0.05) is 15.4 Å². The van der Waals surface area contributed by atoms with E-state index < -0.39 is 5.25 Å². The van der Waals surface area contributed by atoms with Gasteiger partial charge in [0.1, 0.15) is 22.5 Å². The third-order valence-electron chi connectivity index (χ3n) is 3.37. The number of carbonyl (C=O) groups is 1. The van der Waals surface area contributed by atoms with E-state index in [4.69, 9.17) is 1.43 Å². The van der Waals surface area contributed by atoms with Crippen molar-refractivity contribution >= 4 is 67.7 Å². The van der Waals surface area contributed by atoms with E-state index in [1.54, 1.807) is 24.3 Å².